The number of phenolic OH excluding ortho intramolecular Hbond substituents is 1. The summed E-state index contributed by atoms with van der Waals surface area (Å²) in [5.74, 6) is -2.67. The van der Waals surface area contributed by atoms with Crippen LogP contribution in [0.4, 0.5) is 5.69 Å². The van der Waals surface area contributed by atoms with Gasteiger partial charge in [0.1, 0.15) is 30.5 Å². The molecule has 0 amide bonds. The van der Waals surface area contributed by atoms with E-state index in [2.05, 4.69) is 28.6 Å². The minimum absolute atomic E-state index is 0.0131. The number of nitrogens with two attached hydrogens (primary N) is 1. The van der Waals surface area contributed by atoms with Gasteiger partial charge in [-0.3, -0.25) is 4.99 Å². The molecule has 0 aromatic heterocycles. The van der Waals surface area contributed by atoms with Crippen molar-refractivity contribution in [3.63, 3.8) is 0 Å². The van der Waals surface area contributed by atoms with E-state index in [4.69, 9.17) is 34.2 Å². The number of hydrogen-bond donors (Lipinski definition) is 8. The van der Waals surface area contributed by atoms with Crippen molar-refractivity contribution in [2.75, 3.05) is 46.0 Å². The molecule has 5 atom stereocenters. The van der Waals surface area contributed by atoms with Gasteiger partial charge in [-0.2, -0.15) is 0 Å². The molecule has 17 nitrogen and oxygen atoms in total. The molecule has 2 heterocycles. The molecule has 0 aliphatic carbocycles. The third-order valence-electron chi connectivity index (χ3n) is 9.53. The maximum absolute atomic E-state index is 13.6. The predicted octanol–water partition coefficient (Wildman–Crippen LogP) is 1.94. The molecule has 1 spiro atoms. The Balaban J connectivity index is 1.42. The van der Waals surface area contributed by atoms with Crippen molar-refractivity contribution in [3.8, 4) is 28.7 Å². The Hall–Kier alpha value is -5.49. The highest BCUT2D eigenvalue weighted by Crippen LogP contribution is 2.45. The van der Waals surface area contributed by atoms with Gasteiger partial charge in [-0.1, -0.05) is 31.2 Å². The van der Waals surface area contributed by atoms with Crippen molar-refractivity contribution in [2.24, 2.45) is 10.7 Å². The molecule has 5 unspecified atom stereocenters. The number of carboxylic acids is 1. The van der Waals surface area contributed by atoms with Crippen molar-refractivity contribution in [1.82, 2.24) is 5.32 Å². The Kier molecular flexibility index (Phi) is 13.1. The van der Waals surface area contributed by atoms with Gasteiger partial charge in [0, 0.05) is 37.7 Å². The standard InChI is InChI=1S/C38H48N4O13/c1-5-20-8-7-9-21(14-20)11-13-51-28-15-23-22(32(50-4)29(28)43)10-12-38(18-52-35(23)49)33(46)30(44)31(45)36(55-38)54-27-17-25(41-6-2)24(34(47)48)16-26(27)53-19-42-37(39)40-3/h7-9,14-17,30-31,33,36,41,43-46H,5-6,10-13,18-19H2,1-4H3,(H,47,48)(H3,39,40,42). The third-order valence-corrected chi connectivity index (χ3v) is 9.53. The van der Waals surface area contributed by atoms with Gasteiger partial charge in [-0.05, 0) is 43.4 Å². The molecule has 9 N–H and O–H groups in total. The lowest BCUT2D eigenvalue weighted by Gasteiger charge is -2.48. The number of phenols is 1. The summed E-state index contributed by atoms with van der Waals surface area (Å²) in [6.07, 6.45) is -5.92. The number of aryl methyl sites for hydroxylation is 1. The summed E-state index contributed by atoms with van der Waals surface area (Å²) >= 11 is 0. The van der Waals surface area contributed by atoms with Crippen LogP contribution in [0.25, 0.3) is 0 Å². The Morgan fingerprint density at radius 1 is 1.05 bits per heavy atom. The quantitative estimate of drug-likeness (QED) is 0.0505. The third kappa shape index (κ3) is 8.91. The monoisotopic (exact) mass is 768 g/mol. The van der Waals surface area contributed by atoms with E-state index < -0.39 is 48.7 Å². The van der Waals surface area contributed by atoms with Crippen LogP contribution in [-0.4, -0.2) is 114 Å². The number of carboxylic acid groups (broad SMARTS) is 1. The molecule has 5 rings (SSSR count). The number of aromatic hydroxyl groups is 1. The lowest BCUT2D eigenvalue weighted by Crippen LogP contribution is -2.67. The number of aliphatic imine (C=N–C) groups is 1. The van der Waals surface area contributed by atoms with Crippen molar-refractivity contribution in [3.05, 3.63) is 70.3 Å². The first kappa shape index (κ1) is 40.7. The number of esters is 1. The average molecular weight is 769 g/mol. The Labute approximate surface area is 317 Å². The van der Waals surface area contributed by atoms with Gasteiger partial charge in [0.15, 0.2) is 35.7 Å². The van der Waals surface area contributed by atoms with Crippen LogP contribution in [0.1, 0.15) is 57.7 Å². The molecule has 17 heteroatoms. The molecule has 2 aliphatic rings. The number of carbonyl (C=O) groups excluding carboxylic acids is 1. The summed E-state index contributed by atoms with van der Waals surface area (Å²) in [7, 11) is 2.77. The first-order valence-corrected chi connectivity index (χ1v) is 17.8. The molecule has 0 radical (unpaired) electrons. The number of ether oxygens (including phenoxy) is 6. The minimum Gasteiger partial charge on any atom is -0.502 e. The zero-order valence-corrected chi connectivity index (χ0v) is 31.0. The summed E-state index contributed by atoms with van der Waals surface area (Å²) in [5.41, 5.74) is 6.36. The van der Waals surface area contributed by atoms with Gasteiger partial charge in [0.25, 0.3) is 0 Å². The Morgan fingerprint density at radius 3 is 2.51 bits per heavy atom. The molecule has 298 valence electrons. The number of anilines is 1. The fourth-order valence-corrected chi connectivity index (χ4v) is 6.50. The zero-order chi connectivity index (χ0) is 39.9. The van der Waals surface area contributed by atoms with Gasteiger partial charge < -0.3 is 70.3 Å². The number of aliphatic hydroxyl groups excluding tert-OH is 3. The Morgan fingerprint density at radius 2 is 1.82 bits per heavy atom. The molecule has 0 saturated carbocycles. The van der Waals surface area contributed by atoms with E-state index in [1.165, 1.54) is 37.9 Å². The number of benzene rings is 3. The SMILES string of the molecule is CCNc1cc(OC2OC3(CCc4c(cc(OCCc5cccc(CC)c5)c(O)c4OC)C(=O)OC3)C(O)C(O)C2O)c(OCNC(N)=NC)cc1C(=O)O. The van der Waals surface area contributed by atoms with E-state index in [1.54, 1.807) is 6.92 Å². The number of nitrogens with one attached hydrogen (secondary N) is 2. The van der Waals surface area contributed by atoms with E-state index in [0.717, 1.165) is 12.0 Å². The van der Waals surface area contributed by atoms with E-state index in [1.807, 2.05) is 18.2 Å². The van der Waals surface area contributed by atoms with Crippen LogP contribution in [0.3, 0.4) is 0 Å². The maximum atomic E-state index is 13.6. The van der Waals surface area contributed by atoms with E-state index in [-0.39, 0.29) is 83.3 Å². The number of aliphatic hydroxyl groups is 3. The summed E-state index contributed by atoms with van der Waals surface area (Å²) in [6, 6.07) is 11.9. The second-order valence-electron chi connectivity index (χ2n) is 13.0. The average Bonchev–Trinajstić information content (AvgIpc) is 3.17. The molecule has 3 aromatic carbocycles. The number of aromatic carboxylic acids is 1. The largest absolute Gasteiger partial charge is 0.502 e. The van der Waals surface area contributed by atoms with Crippen LogP contribution >= 0.6 is 0 Å². The molecule has 3 aromatic rings. The van der Waals surface area contributed by atoms with E-state index in [9.17, 15) is 35.1 Å². The van der Waals surface area contributed by atoms with Crippen LogP contribution in [0.2, 0.25) is 0 Å². The molecule has 0 bridgehead atoms. The maximum Gasteiger partial charge on any atom is 0.338 e. The number of methoxy groups -OCH3 is 1. The van der Waals surface area contributed by atoms with Gasteiger partial charge in [-0.15, -0.1) is 0 Å². The number of guanidine groups is 1. The van der Waals surface area contributed by atoms with E-state index in [0.29, 0.717) is 13.0 Å². The lowest BCUT2D eigenvalue weighted by molar-refractivity contribution is -0.320. The van der Waals surface area contributed by atoms with Crippen LogP contribution in [0.15, 0.2) is 47.5 Å². The van der Waals surface area contributed by atoms with Gasteiger partial charge in [0.05, 0.1) is 30.5 Å². The van der Waals surface area contributed by atoms with Gasteiger partial charge in [-0.25, -0.2) is 9.59 Å². The number of cyclic esters (lactones) is 1. The zero-order valence-electron chi connectivity index (χ0n) is 31.0. The van der Waals surface area contributed by atoms with Gasteiger partial charge in [0.2, 0.25) is 12.0 Å². The Bertz CT molecular complexity index is 1890. The van der Waals surface area contributed by atoms with Crippen LogP contribution < -0.4 is 35.3 Å². The first-order valence-electron chi connectivity index (χ1n) is 17.8. The highest BCUT2D eigenvalue weighted by molar-refractivity contribution is 5.95. The van der Waals surface area contributed by atoms with Crippen molar-refractivity contribution in [1.29, 1.82) is 0 Å². The summed E-state index contributed by atoms with van der Waals surface area (Å²) < 4.78 is 35.1. The van der Waals surface area contributed by atoms with E-state index >= 15 is 0 Å². The smallest absolute Gasteiger partial charge is 0.338 e. The molecule has 2 aliphatic heterocycles. The molecular formula is C38H48N4O13. The second kappa shape index (κ2) is 17.8. The van der Waals surface area contributed by atoms with Crippen LogP contribution in [-0.2, 0) is 28.7 Å². The van der Waals surface area contributed by atoms with Crippen molar-refractivity contribution < 1.29 is 63.5 Å². The first-order chi connectivity index (χ1) is 26.4. The van der Waals surface area contributed by atoms with Gasteiger partial charge >= 0.3 is 11.9 Å². The normalized spacial score (nSPS) is 22.5. The van der Waals surface area contributed by atoms with Crippen LogP contribution in [0.5, 0.6) is 28.7 Å². The van der Waals surface area contributed by atoms with Crippen molar-refractivity contribution in [2.45, 2.75) is 69.7 Å². The highest BCUT2D eigenvalue weighted by Gasteiger charge is 2.56. The topological polar surface area (TPSA) is 253 Å². The predicted molar refractivity (Wildman–Crippen MR) is 198 cm³/mol. The summed E-state index contributed by atoms with van der Waals surface area (Å²) in [6.45, 7) is 3.52. The lowest BCUT2D eigenvalue weighted by atomic mass is 9.81. The molecule has 1 saturated heterocycles. The fraction of sp³-hybridized carbons (Fsp3) is 0.447. The number of nitrogens with zero attached hydrogens (tertiary/aromatic N) is 1. The summed E-state index contributed by atoms with van der Waals surface area (Å²) in [5, 5.41) is 60.3. The minimum atomic E-state index is -1.86. The number of hydrogen-bond acceptors (Lipinski definition) is 14. The highest BCUT2D eigenvalue weighted by atomic mass is 16.7. The summed E-state index contributed by atoms with van der Waals surface area (Å²) in [4.78, 5) is 29.5. The molecular weight excluding hydrogens is 720 g/mol. The number of rotatable bonds is 14. The fourth-order valence-electron chi connectivity index (χ4n) is 6.50. The number of carbonyl (C=O) groups is 2. The van der Waals surface area contributed by atoms with Crippen molar-refractivity contribution >= 4 is 23.6 Å². The molecule has 1 fully saturated rings. The second-order valence-corrected chi connectivity index (χ2v) is 13.0. The molecule has 55 heavy (non-hydrogen) atoms. The number of fused-ring (bicyclic) bond motifs is 1. The van der Waals surface area contributed by atoms with Crippen LogP contribution in [0, 0.1) is 0 Å².